The van der Waals surface area contributed by atoms with Gasteiger partial charge in [-0.2, -0.15) is 5.10 Å². The lowest BCUT2D eigenvalue weighted by Gasteiger charge is -2.33. The van der Waals surface area contributed by atoms with E-state index in [9.17, 15) is 14.4 Å². The maximum atomic E-state index is 13.0. The van der Waals surface area contributed by atoms with Gasteiger partial charge in [-0.15, -0.1) is 0 Å². The Hall–Kier alpha value is -3.36. The number of carbonyl (C=O) groups excluding carboxylic acids is 2. The highest BCUT2D eigenvalue weighted by atomic mass is 16.6. The lowest BCUT2D eigenvalue weighted by Crippen LogP contribution is -2.41. The molecule has 1 aliphatic carbocycles. The predicted octanol–water partition coefficient (Wildman–Crippen LogP) is 4.81. The molecule has 3 aromatic rings. The molecule has 2 aromatic heterocycles. The molecule has 3 heterocycles. The molecule has 1 saturated carbocycles. The summed E-state index contributed by atoms with van der Waals surface area (Å²) in [5, 5.41) is 8.66. The number of carbonyl (C=O) groups is 2. The van der Waals surface area contributed by atoms with Crippen LogP contribution in [0.1, 0.15) is 77.3 Å². The Morgan fingerprint density at radius 3 is 2.50 bits per heavy atom. The van der Waals surface area contributed by atoms with Crippen LogP contribution in [0.2, 0.25) is 0 Å². The number of aromatic nitrogens is 3. The van der Waals surface area contributed by atoms with Gasteiger partial charge >= 0.3 is 6.09 Å². The Bertz CT molecular complexity index is 1340. The van der Waals surface area contributed by atoms with Crippen LogP contribution in [0.15, 0.2) is 29.1 Å². The lowest BCUT2D eigenvalue weighted by atomic mass is 9.88. The van der Waals surface area contributed by atoms with Crippen molar-refractivity contribution in [2.75, 3.05) is 18.4 Å². The van der Waals surface area contributed by atoms with E-state index in [4.69, 9.17) is 9.84 Å². The number of likely N-dealkylation sites (tertiary alicyclic amines) is 1. The van der Waals surface area contributed by atoms with Crippen LogP contribution >= 0.6 is 0 Å². The Morgan fingerprint density at radius 1 is 1.08 bits per heavy atom. The molecular weight excluding hydrogens is 458 g/mol. The molecule has 2 fully saturated rings. The maximum Gasteiger partial charge on any atom is 0.410 e. The van der Waals surface area contributed by atoms with Crippen LogP contribution in [0.4, 0.5) is 10.5 Å². The third-order valence-corrected chi connectivity index (χ3v) is 7.26. The van der Waals surface area contributed by atoms with Gasteiger partial charge in [-0.25, -0.2) is 9.31 Å². The first kappa shape index (κ1) is 24.3. The normalized spacial score (nSPS) is 18.0. The summed E-state index contributed by atoms with van der Waals surface area (Å²) in [6.45, 7) is 6.69. The van der Waals surface area contributed by atoms with Gasteiger partial charge < -0.3 is 19.9 Å². The highest BCUT2D eigenvalue weighted by molar-refractivity contribution is 6.07. The standard InChI is InChI=1S/C27H35N5O4/c1-27(2,3)36-26(35)31-14-12-17(13-15-31)21-16-22(33)29-24-23-19(10-7-11-20(23)30-32(21)24)28-25(34)18-8-5-4-6-9-18/h7,10-11,16-18H,4-6,8-9,12-15H2,1-3H3,(H,28,34)(H,29,33). The fourth-order valence-electron chi connectivity index (χ4n) is 5.47. The van der Waals surface area contributed by atoms with Crippen molar-refractivity contribution >= 4 is 34.2 Å². The van der Waals surface area contributed by atoms with Crippen LogP contribution in [0.5, 0.6) is 0 Å². The molecule has 1 aromatic carbocycles. The van der Waals surface area contributed by atoms with Gasteiger partial charge in [0.25, 0.3) is 5.56 Å². The van der Waals surface area contributed by atoms with Crippen LogP contribution in [-0.2, 0) is 9.53 Å². The minimum absolute atomic E-state index is 0.0283. The van der Waals surface area contributed by atoms with Gasteiger partial charge in [0, 0.05) is 31.0 Å². The number of hydrogen-bond donors (Lipinski definition) is 2. The monoisotopic (exact) mass is 493 g/mol. The smallest absolute Gasteiger partial charge is 0.410 e. The quantitative estimate of drug-likeness (QED) is 0.544. The number of H-pyrrole nitrogens is 1. The molecular formula is C27H35N5O4. The van der Waals surface area contributed by atoms with Crippen LogP contribution in [0, 0.1) is 5.92 Å². The summed E-state index contributed by atoms with van der Waals surface area (Å²) in [6, 6.07) is 7.25. The first-order chi connectivity index (χ1) is 17.2. The summed E-state index contributed by atoms with van der Waals surface area (Å²) >= 11 is 0. The van der Waals surface area contributed by atoms with E-state index in [0.717, 1.165) is 36.8 Å². The van der Waals surface area contributed by atoms with E-state index in [1.165, 1.54) is 6.42 Å². The second kappa shape index (κ2) is 9.59. The predicted molar refractivity (Wildman–Crippen MR) is 138 cm³/mol. The Labute approximate surface area is 210 Å². The largest absolute Gasteiger partial charge is 0.444 e. The van der Waals surface area contributed by atoms with E-state index in [1.807, 2.05) is 39.0 Å². The average molecular weight is 494 g/mol. The molecule has 0 spiro atoms. The van der Waals surface area contributed by atoms with Crippen LogP contribution in [0.3, 0.4) is 0 Å². The molecule has 1 aliphatic heterocycles. The zero-order valence-electron chi connectivity index (χ0n) is 21.3. The SMILES string of the molecule is CC(C)(C)OC(=O)N1CCC(c2cc(=O)[nH]c3c4c(NC(=O)C5CCCCC5)cccc4nn23)CC1. The number of benzene rings is 1. The highest BCUT2D eigenvalue weighted by Crippen LogP contribution is 2.33. The van der Waals surface area contributed by atoms with E-state index >= 15 is 0 Å². The highest BCUT2D eigenvalue weighted by Gasteiger charge is 2.30. The number of fused-ring (bicyclic) bond motifs is 3. The van der Waals surface area contributed by atoms with Gasteiger partial charge in [-0.1, -0.05) is 25.3 Å². The van der Waals surface area contributed by atoms with Crippen molar-refractivity contribution in [3.63, 3.8) is 0 Å². The molecule has 2 amide bonds. The summed E-state index contributed by atoms with van der Waals surface area (Å²) in [5.74, 6) is 0.137. The van der Waals surface area contributed by atoms with E-state index in [1.54, 1.807) is 15.5 Å². The van der Waals surface area contributed by atoms with Crippen LogP contribution < -0.4 is 10.9 Å². The molecule has 36 heavy (non-hydrogen) atoms. The van der Waals surface area contributed by atoms with E-state index < -0.39 is 5.60 Å². The summed E-state index contributed by atoms with van der Waals surface area (Å²) in [4.78, 5) is 42.9. The Morgan fingerprint density at radius 2 is 1.81 bits per heavy atom. The molecule has 0 bridgehead atoms. The van der Waals surface area contributed by atoms with Crippen molar-refractivity contribution in [2.24, 2.45) is 5.92 Å². The van der Waals surface area contributed by atoms with Crippen molar-refractivity contribution in [1.29, 1.82) is 0 Å². The third-order valence-electron chi connectivity index (χ3n) is 7.26. The molecule has 5 rings (SSSR count). The van der Waals surface area contributed by atoms with Crippen molar-refractivity contribution in [1.82, 2.24) is 19.5 Å². The maximum absolute atomic E-state index is 13.0. The first-order valence-corrected chi connectivity index (χ1v) is 13.0. The third kappa shape index (κ3) is 4.96. The Kier molecular flexibility index (Phi) is 6.49. The second-order valence-electron chi connectivity index (χ2n) is 11.1. The molecule has 2 N–H and O–H groups in total. The average Bonchev–Trinajstić information content (AvgIpc) is 3.22. The molecule has 9 heteroatoms. The molecule has 0 unspecified atom stereocenters. The number of ether oxygens (including phenoxy) is 1. The number of amides is 2. The van der Waals surface area contributed by atoms with Gasteiger partial charge in [0.15, 0.2) is 0 Å². The lowest BCUT2D eigenvalue weighted by molar-refractivity contribution is -0.120. The molecule has 0 radical (unpaired) electrons. The zero-order chi connectivity index (χ0) is 25.4. The summed E-state index contributed by atoms with van der Waals surface area (Å²) < 4.78 is 7.32. The van der Waals surface area contributed by atoms with Crippen molar-refractivity contribution in [3.8, 4) is 0 Å². The molecule has 0 atom stereocenters. The van der Waals surface area contributed by atoms with Gasteiger partial charge in [-0.05, 0) is 58.6 Å². The summed E-state index contributed by atoms with van der Waals surface area (Å²) in [5.41, 5.74) is 2.05. The molecule has 1 saturated heterocycles. The number of nitrogens with one attached hydrogen (secondary N) is 2. The van der Waals surface area contributed by atoms with Crippen molar-refractivity contribution in [3.05, 3.63) is 40.3 Å². The van der Waals surface area contributed by atoms with Gasteiger partial charge in [0.1, 0.15) is 11.2 Å². The van der Waals surface area contributed by atoms with E-state index in [2.05, 4.69) is 10.3 Å². The van der Waals surface area contributed by atoms with Crippen LogP contribution in [-0.4, -0.2) is 50.2 Å². The Balaban J connectivity index is 1.43. The van der Waals surface area contributed by atoms with Gasteiger partial charge in [0.2, 0.25) is 5.91 Å². The topological polar surface area (TPSA) is 109 Å². The van der Waals surface area contributed by atoms with Gasteiger partial charge in [0.05, 0.1) is 22.3 Å². The summed E-state index contributed by atoms with van der Waals surface area (Å²) in [7, 11) is 0. The molecule has 9 nitrogen and oxygen atoms in total. The first-order valence-electron chi connectivity index (χ1n) is 13.0. The minimum atomic E-state index is -0.536. The number of rotatable bonds is 3. The number of aromatic amines is 1. The number of hydrogen-bond acceptors (Lipinski definition) is 5. The summed E-state index contributed by atoms with van der Waals surface area (Å²) in [6.07, 6.45) is 6.30. The van der Waals surface area contributed by atoms with E-state index in [-0.39, 0.29) is 29.4 Å². The fraction of sp³-hybridized carbons (Fsp3) is 0.556. The van der Waals surface area contributed by atoms with Crippen molar-refractivity contribution in [2.45, 2.75) is 77.2 Å². The number of piperidine rings is 1. The number of anilines is 1. The number of nitrogens with zero attached hydrogens (tertiary/aromatic N) is 3. The minimum Gasteiger partial charge on any atom is -0.444 e. The fourth-order valence-corrected chi connectivity index (χ4v) is 5.47. The molecule has 2 aliphatic rings. The van der Waals surface area contributed by atoms with Gasteiger partial charge in [-0.3, -0.25) is 9.59 Å². The van der Waals surface area contributed by atoms with Crippen LogP contribution in [0.25, 0.3) is 16.6 Å². The van der Waals surface area contributed by atoms with E-state index in [0.29, 0.717) is 42.8 Å². The molecule has 192 valence electrons. The second-order valence-corrected chi connectivity index (χ2v) is 11.1. The zero-order valence-corrected chi connectivity index (χ0v) is 21.3. The van der Waals surface area contributed by atoms with Crippen molar-refractivity contribution < 1.29 is 14.3 Å².